The predicted molar refractivity (Wildman–Crippen MR) is 205 cm³/mol. The minimum Gasteiger partial charge on any atom is -0.508 e. The monoisotopic (exact) mass is 773 g/mol. The first-order chi connectivity index (χ1) is 27.1. The molecule has 3 aromatic carbocycles. The standard InChI is InChI=1S/C42H48FN3O10/c1-3-22-54-42-38(45(26-27-10-12-29(43)13-11-27)41(50)55-32-17-14-30(15-18-32)46(51)52)25-36(44-53-2)34-23-28(8-4-6-20-47)33(9-5-7-21-48)39(40(34)42)35-24-31(49)16-19-37(35)56-42/h3,10-19,23-24,28,33,38-40,47-49H,1,4-9,20-22,25-26H2,2H3. The fourth-order valence-corrected chi connectivity index (χ4v) is 8.65. The molecule has 6 unspecified atom stereocenters. The molecule has 0 spiro atoms. The molecular weight excluding hydrogens is 725 g/mol. The van der Waals surface area contributed by atoms with Gasteiger partial charge in [-0.05, 0) is 91.1 Å². The number of allylic oxidation sites excluding steroid dienone is 1. The quantitative estimate of drug-likeness (QED) is 0.0543. The zero-order chi connectivity index (χ0) is 39.8. The number of benzene rings is 3. The molecule has 0 radical (unpaired) electrons. The van der Waals surface area contributed by atoms with Gasteiger partial charge in [0, 0.05) is 49.8 Å². The summed E-state index contributed by atoms with van der Waals surface area (Å²) in [5.74, 6) is -2.52. The second kappa shape index (κ2) is 18.1. The van der Waals surface area contributed by atoms with Crippen molar-refractivity contribution in [1.29, 1.82) is 0 Å². The van der Waals surface area contributed by atoms with Crippen LogP contribution in [0.1, 0.15) is 62.0 Å². The van der Waals surface area contributed by atoms with Crippen LogP contribution in [0.15, 0.2) is 96.2 Å². The van der Waals surface area contributed by atoms with Crippen LogP contribution in [-0.2, 0) is 16.1 Å². The number of aromatic hydroxyl groups is 1. The van der Waals surface area contributed by atoms with Crippen LogP contribution in [0.2, 0.25) is 0 Å². The third kappa shape index (κ3) is 8.42. The number of nitro groups is 1. The second-order valence-electron chi connectivity index (χ2n) is 14.4. The predicted octanol–water partition coefficient (Wildman–Crippen LogP) is 7.40. The number of carbonyl (C=O) groups excluding carboxylic acids is 1. The highest BCUT2D eigenvalue weighted by molar-refractivity contribution is 6.03. The third-order valence-electron chi connectivity index (χ3n) is 11.0. The number of non-ortho nitro benzene ring substituents is 1. The van der Waals surface area contributed by atoms with Crippen LogP contribution in [0.25, 0.3) is 0 Å². The Balaban J connectivity index is 1.56. The molecule has 1 saturated carbocycles. The summed E-state index contributed by atoms with van der Waals surface area (Å²) in [6, 6.07) is 14.8. The molecule has 0 aromatic heterocycles. The van der Waals surface area contributed by atoms with Crippen molar-refractivity contribution in [2.75, 3.05) is 26.9 Å². The van der Waals surface area contributed by atoms with Gasteiger partial charge in [-0.15, -0.1) is 6.58 Å². The Morgan fingerprint density at radius 2 is 1.79 bits per heavy atom. The van der Waals surface area contributed by atoms with E-state index in [9.17, 15) is 34.6 Å². The van der Waals surface area contributed by atoms with Gasteiger partial charge in [0.1, 0.15) is 36.2 Å². The number of unbranched alkanes of at least 4 members (excludes halogenated alkanes) is 2. The average Bonchev–Trinajstić information content (AvgIpc) is 3.19. The number of amides is 1. The normalized spacial score (nSPS) is 24.2. The maximum Gasteiger partial charge on any atom is 0.416 e. The lowest BCUT2D eigenvalue weighted by atomic mass is 9.55. The van der Waals surface area contributed by atoms with E-state index >= 15 is 0 Å². The number of phenolic OH excluding ortho intramolecular Hbond substituents is 1. The minimum atomic E-state index is -1.61. The highest BCUT2D eigenvalue weighted by atomic mass is 19.1. The van der Waals surface area contributed by atoms with Gasteiger partial charge in [-0.3, -0.25) is 15.0 Å². The van der Waals surface area contributed by atoms with Gasteiger partial charge in [-0.1, -0.05) is 42.3 Å². The lowest BCUT2D eigenvalue weighted by molar-refractivity contribution is -0.384. The number of hydrogen-bond acceptors (Lipinski definition) is 11. The molecule has 1 heterocycles. The summed E-state index contributed by atoms with van der Waals surface area (Å²) in [4.78, 5) is 32.3. The van der Waals surface area contributed by atoms with E-state index in [1.807, 2.05) is 0 Å². The lowest BCUT2D eigenvalue weighted by Crippen LogP contribution is -2.70. The van der Waals surface area contributed by atoms with Crippen LogP contribution in [0.3, 0.4) is 0 Å². The zero-order valence-electron chi connectivity index (χ0n) is 31.3. The van der Waals surface area contributed by atoms with Crippen LogP contribution < -0.4 is 9.47 Å². The Morgan fingerprint density at radius 1 is 1.07 bits per heavy atom. The average molecular weight is 774 g/mol. The third-order valence-corrected chi connectivity index (χ3v) is 11.0. The van der Waals surface area contributed by atoms with Gasteiger partial charge >= 0.3 is 6.09 Å². The number of hydrogen-bond donors (Lipinski definition) is 3. The van der Waals surface area contributed by atoms with Crippen LogP contribution in [0, 0.1) is 33.7 Å². The number of nitro benzene ring substituents is 1. The maximum atomic E-state index is 14.6. The highest BCUT2D eigenvalue weighted by Gasteiger charge is 2.65. The number of ether oxygens (including phenoxy) is 3. The minimum absolute atomic E-state index is 0.00271. The molecule has 14 heteroatoms. The maximum absolute atomic E-state index is 14.6. The Bertz CT molecular complexity index is 1920. The van der Waals surface area contributed by atoms with Crippen molar-refractivity contribution in [3.8, 4) is 17.2 Å². The molecule has 13 nitrogen and oxygen atoms in total. The Hall–Kier alpha value is -5.31. The van der Waals surface area contributed by atoms with E-state index in [1.54, 1.807) is 30.3 Å². The first-order valence-electron chi connectivity index (χ1n) is 18.9. The molecule has 0 bridgehead atoms. The van der Waals surface area contributed by atoms with Gasteiger partial charge in [0.15, 0.2) is 0 Å². The second-order valence-corrected chi connectivity index (χ2v) is 14.4. The van der Waals surface area contributed by atoms with Crippen LogP contribution >= 0.6 is 0 Å². The summed E-state index contributed by atoms with van der Waals surface area (Å²) >= 11 is 0. The molecule has 3 N–H and O–H groups in total. The van der Waals surface area contributed by atoms with E-state index in [1.165, 1.54) is 54.5 Å². The molecule has 3 aromatic rings. The number of rotatable bonds is 17. The van der Waals surface area contributed by atoms with Gasteiger partial charge < -0.3 is 34.4 Å². The van der Waals surface area contributed by atoms with E-state index < -0.39 is 34.6 Å². The van der Waals surface area contributed by atoms with Crippen LogP contribution in [-0.4, -0.2) is 75.7 Å². The first-order valence-corrected chi connectivity index (χ1v) is 18.9. The van der Waals surface area contributed by atoms with Crippen LogP contribution in [0.5, 0.6) is 17.2 Å². The Morgan fingerprint density at radius 3 is 2.45 bits per heavy atom. The Kier molecular flexibility index (Phi) is 13.0. The van der Waals surface area contributed by atoms with E-state index in [4.69, 9.17) is 19.0 Å². The van der Waals surface area contributed by atoms with E-state index in [-0.39, 0.29) is 67.7 Å². The number of nitrogens with zero attached hydrogens (tertiary/aromatic N) is 3. The number of oxime groups is 1. The molecular formula is C42H48FN3O10. The molecule has 0 saturated heterocycles. The lowest BCUT2D eigenvalue weighted by Gasteiger charge is -2.59. The van der Waals surface area contributed by atoms with Crippen LogP contribution in [0.4, 0.5) is 14.9 Å². The number of carbonyl (C=O) groups is 1. The van der Waals surface area contributed by atoms with Gasteiger partial charge in [0.25, 0.3) is 5.69 Å². The van der Waals surface area contributed by atoms with Crippen molar-refractivity contribution in [3.05, 3.63) is 118 Å². The zero-order valence-corrected chi connectivity index (χ0v) is 31.3. The number of aliphatic hydroxyl groups is 2. The SMILES string of the molecule is C=CCOC12Oc3ccc(O)cc3C3C(CCCCO)C(CCCCO)C=C(C(=NOC)CC1N(Cc1ccc(F)cc1)C(=O)Oc1ccc([N+](=O)[O-])cc1)C32. The molecule has 3 aliphatic rings. The summed E-state index contributed by atoms with van der Waals surface area (Å²) < 4.78 is 34.0. The molecule has 1 fully saturated rings. The van der Waals surface area contributed by atoms with Gasteiger partial charge in [0.05, 0.1) is 23.2 Å². The van der Waals surface area contributed by atoms with Crippen molar-refractivity contribution in [1.82, 2.24) is 4.90 Å². The molecule has 1 amide bonds. The van der Waals surface area contributed by atoms with E-state index in [0.29, 0.717) is 36.3 Å². The van der Waals surface area contributed by atoms with Crippen molar-refractivity contribution in [3.63, 3.8) is 0 Å². The fourth-order valence-electron chi connectivity index (χ4n) is 8.65. The summed E-state index contributed by atoms with van der Waals surface area (Å²) in [6.45, 7) is 3.96. The topological polar surface area (TPSA) is 173 Å². The van der Waals surface area contributed by atoms with Gasteiger partial charge in [-0.2, -0.15) is 0 Å². The summed E-state index contributed by atoms with van der Waals surface area (Å²) in [6.07, 6.45) is 7.21. The largest absolute Gasteiger partial charge is 0.508 e. The van der Waals surface area contributed by atoms with Gasteiger partial charge in [0.2, 0.25) is 5.79 Å². The summed E-state index contributed by atoms with van der Waals surface area (Å²) in [7, 11) is 1.44. The number of fused-ring (bicyclic) bond motifs is 2. The smallest absolute Gasteiger partial charge is 0.416 e. The summed E-state index contributed by atoms with van der Waals surface area (Å²) in [5.41, 5.74) is 2.51. The van der Waals surface area contributed by atoms with Crippen molar-refractivity contribution >= 4 is 17.5 Å². The van der Waals surface area contributed by atoms with E-state index in [0.717, 1.165) is 30.4 Å². The molecule has 6 rings (SSSR count). The summed E-state index contributed by atoms with van der Waals surface area (Å²) in [5, 5.41) is 46.3. The molecule has 56 heavy (non-hydrogen) atoms. The molecule has 1 aliphatic heterocycles. The van der Waals surface area contributed by atoms with Gasteiger partial charge in [-0.25, -0.2) is 9.18 Å². The van der Waals surface area contributed by atoms with Crippen molar-refractivity contribution in [2.45, 2.75) is 69.2 Å². The van der Waals surface area contributed by atoms with Crippen molar-refractivity contribution < 1.29 is 48.5 Å². The number of aliphatic hydroxyl groups excluding tert-OH is 2. The van der Waals surface area contributed by atoms with E-state index in [2.05, 4.69) is 17.8 Å². The number of phenols is 1. The first kappa shape index (κ1) is 40.4. The fraction of sp³-hybridized carbons (Fsp3) is 0.429. The molecule has 6 atom stereocenters. The number of halogens is 1. The molecule has 2 aliphatic carbocycles. The molecule has 298 valence electrons. The Labute approximate surface area is 324 Å². The highest BCUT2D eigenvalue weighted by Crippen LogP contribution is 2.62. The van der Waals surface area contributed by atoms with Crippen molar-refractivity contribution in [2.24, 2.45) is 22.9 Å².